The van der Waals surface area contributed by atoms with E-state index in [0.717, 1.165) is 19.3 Å². The van der Waals surface area contributed by atoms with Gasteiger partial charge in [0, 0.05) is 5.57 Å². The van der Waals surface area contributed by atoms with Crippen molar-refractivity contribution in [1.29, 1.82) is 0 Å². The molecule has 4 heteroatoms. The van der Waals surface area contributed by atoms with Crippen LogP contribution in [-0.4, -0.2) is 33.5 Å². The van der Waals surface area contributed by atoms with Gasteiger partial charge in [-0.05, 0) is 110 Å². The minimum absolute atomic E-state index is 0.0405. The van der Waals surface area contributed by atoms with Crippen molar-refractivity contribution in [3.63, 3.8) is 0 Å². The minimum atomic E-state index is -0.958. The van der Waals surface area contributed by atoms with Gasteiger partial charge in [0.15, 0.2) is 0 Å². The number of aliphatic hydroxyl groups is 2. The summed E-state index contributed by atoms with van der Waals surface area (Å²) in [6.45, 7) is 15.9. The van der Waals surface area contributed by atoms with E-state index in [9.17, 15) is 15.0 Å². The summed E-state index contributed by atoms with van der Waals surface area (Å²) in [6, 6.07) is 0. The van der Waals surface area contributed by atoms with E-state index in [1.165, 1.54) is 31.8 Å². The third-order valence-corrected chi connectivity index (χ3v) is 12.0. The van der Waals surface area contributed by atoms with Crippen molar-refractivity contribution in [2.24, 2.45) is 45.3 Å². The Morgan fingerprint density at radius 3 is 2.44 bits per heavy atom. The third-order valence-electron chi connectivity index (χ3n) is 12.0. The fourth-order valence-corrected chi connectivity index (χ4v) is 9.63. The van der Waals surface area contributed by atoms with Crippen LogP contribution in [0.1, 0.15) is 99.8 Å². The predicted molar refractivity (Wildman–Crippen MR) is 136 cm³/mol. The van der Waals surface area contributed by atoms with Gasteiger partial charge in [-0.25, -0.2) is 4.79 Å². The van der Waals surface area contributed by atoms with E-state index < -0.39 is 12.1 Å². The number of aliphatic carboxylic acids is 1. The Balaban J connectivity index is 1.60. The summed E-state index contributed by atoms with van der Waals surface area (Å²) in [5.74, 6) is 1.05. The van der Waals surface area contributed by atoms with Crippen LogP contribution in [-0.2, 0) is 4.79 Å². The van der Waals surface area contributed by atoms with Crippen molar-refractivity contribution in [3.05, 3.63) is 23.3 Å². The molecule has 3 saturated carbocycles. The second-order valence-electron chi connectivity index (χ2n) is 13.8. The van der Waals surface area contributed by atoms with Crippen LogP contribution in [0.3, 0.4) is 0 Å². The topological polar surface area (TPSA) is 77.8 Å². The van der Waals surface area contributed by atoms with E-state index >= 15 is 0 Å². The molecule has 0 aromatic rings. The maximum absolute atomic E-state index is 11.2. The molecule has 0 amide bonds. The average molecular weight is 473 g/mol. The first kappa shape index (κ1) is 25.9. The lowest BCUT2D eigenvalue weighted by atomic mass is 9.41. The molecule has 0 heterocycles. The lowest BCUT2D eigenvalue weighted by Crippen LogP contribution is -2.58. The first-order chi connectivity index (χ1) is 15.7. The largest absolute Gasteiger partial charge is 0.478 e. The summed E-state index contributed by atoms with van der Waals surface area (Å²) in [6.07, 6.45) is 11.7. The van der Waals surface area contributed by atoms with E-state index in [-0.39, 0.29) is 33.3 Å². The summed E-state index contributed by atoms with van der Waals surface area (Å²) in [5, 5.41) is 30.6. The molecule has 4 aliphatic rings. The van der Waals surface area contributed by atoms with Crippen LogP contribution in [0.2, 0.25) is 0 Å². The Hall–Kier alpha value is -1.13. The van der Waals surface area contributed by atoms with Crippen LogP contribution < -0.4 is 0 Å². The van der Waals surface area contributed by atoms with Gasteiger partial charge in [0.1, 0.15) is 0 Å². The van der Waals surface area contributed by atoms with Crippen LogP contribution in [0.15, 0.2) is 23.3 Å². The number of carboxylic acids is 1. The quantitative estimate of drug-likeness (QED) is 0.321. The normalized spacial score (nSPS) is 45.4. The van der Waals surface area contributed by atoms with Crippen LogP contribution in [0.4, 0.5) is 0 Å². The zero-order chi connectivity index (χ0) is 25.3. The molecule has 4 nitrogen and oxygen atoms in total. The van der Waals surface area contributed by atoms with Gasteiger partial charge in [0.25, 0.3) is 0 Å². The molecule has 9 unspecified atom stereocenters. The van der Waals surface area contributed by atoms with Gasteiger partial charge in [-0.1, -0.05) is 53.2 Å². The van der Waals surface area contributed by atoms with Crippen molar-refractivity contribution in [3.8, 4) is 0 Å². The van der Waals surface area contributed by atoms with Gasteiger partial charge in [0.2, 0.25) is 0 Å². The maximum atomic E-state index is 11.2. The van der Waals surface area contributed by atoms with Crippen LogP contribution >= 0.6 is 0 Å². The summed E-state index contributed by atoms with van der Waals surface area (Å²) >= 11 is 0. The number of hydrogen-bond donors (Lipinski definition) is 3. The summed E-state index contributed by atoms with van der Waals surface area (Å²) in [7, 11) is 0. The van der Waals surface area contributed by atoms with Crippen molar-refractivity contribution in [2.45, 2.75) is 112 Å². The Labute approximate surface area is 206 Å². The summed E-state index contributed by atoms with van der Waals surface area (Å²) in [4.78, 5) is 11.2. The molecule has 0 radical (unpaired) electrons. The molecule has 0 bridgehead atoms. The van der Waals surface area contributed by atoms with Crippen LogP contribution in [0.25, 0.3) is 0 Å². The predicted octanol–water partition coefficient (Wildman–Crippen LogP) is 6.37. The van der Waals surface area contributed by atoms with Crippen molar-refractivity contribution >= 4 is 5.97 Å². The van der Waals surface area contributed by atoms with Gasteiger partial charge < -0.3 is 15.3 Å². The molecule has 0 aromatic carbocycles. The second kappa shape index (κ2) is 8.47. The zero-order valence-electron chi connectivity index (χ0n) is 22.5. The highest BCUT2D eigenvalue weighted by Gasteiger charge is 2.65. The number of allylic oxidation sites excluding steroid dienone is 2. The maximum Gasteiger partial charge on any atom is 0.331 e. The van der Waals surface area contributed by atoms with E-state index in [4.69, 9.17) is 5.11 Å². The smallest absolute Gasteiger partial charge is 0.331 e. The highest BCUT2D eigenvalue weighted by atomic mass is 16.4. The first-order valence-electron chi connectivity index (χ1n) is 13.7. The lowest BCUT2D eigenvalue weighted by Gasteiger charge is -2.64. The van der Waals surface area contributed by atoms with Gasteiger partial charge in [0.05, 0.1) is 12.2 Å². The average Bonchev–Trinajstić information content (AvgIpc) is 3.02. The molecule has 4 aliphatic carbocycles. The standard InChI is InChI=1S/C30H48O4/c1-18(16-20(31)17-19(2)26(33)34)21-10-14-30(7)23-8-9-24-27(3,4)25(32)12-13-28(24,5)22(23)11-15-29(21,30)6/h8,17-18,20-22,24-25,31-32H,9-16H2,1-7H3,(H,33,34). The zero-order valence-corrected chi connectivity index (χ0v) is 22.5. The van der Waals surface area contributed by atoms with Gasteiger partial charge in [-0.3, -0.25) is 0 Å². The van der Waals surface area contributed by atoms with Crippen LogP contribution in [0.5, 0.6) is 0 Å². The number of rotatable bonds is 5. The SMILES string of the molecule is CC(=CC(O)CC(C)C1CCC2(C)C3=CCC4C(C)(C)C(O)CCC4(C)C3CCC12C)C(=O)O. The number of carboxylic acid groups (broad SMARTS) is 1. The monoisotopic (exact) mass is 472 g/mol. The molecule has 0 saturated heterocycles. The van der Waals surface area contributed by atoms with Crippen molar-refractivity contribution in [2.75, 3.05) is 0 Å². The fourth-order valence-electron chi connectivity index (χ4n) is 9.63. The van der Waals surface area contributed by atoms with E-state index in [2.05, 4.69) is 47.6 Å². The molecule has 4 rings (SSSR count). The van der Waals surface area contributed by atoms with Gasteiger partial charge >= 0.3 is 5.97 Å². The third kappa shape index (κ3) is 3.65. The number of fused-ring (bicyclic) bond motifs is 5. The Morgan fingerprint density at radius 1 is 1.12 bits per heavy atom. The van der Waals surface area contributed by atoms with Crippen LogP contribution in [0, 0.1) is 45.3 Å². The molecular formula is C30H48O4. The van der Waals surface area contributed by atoms with Gasteiger partial charge in [-0.15, -0.1) is 0 Å². The second-order valence-corrected chi connectivity index (χ2v) is 13.8. The molecule has 34 heavy (non-hydrogen) atoms. The fraction of sp³-hybridized carbons (Fsp3) is 0.833. The molecule has 0 spiro atoms. The number of hydrogen-bond acceptors (Lipinski definition) is 3. The van der Waals surface area contributed by atoms with Crippen molar-refractivity contribution in [1.82, 2.24) is 0 Å². The summed E-state index contributed by atoms with van der Waals surface area (Å²) in [5.41, 5.74) is 2.52. The van der Waals surface area contributed by atoms with Gasteiger partial charge in [-0.2, -0.15) is 0 Å². The Morgan fingerprint density at radius 2 is 1.79 bits per heavy atom. The van der Waals surface area contributed by atoms with E-state index in [0.29, 0.717) is 30.1 Å². The number of aliphatic hydroxyl groups excluding tert-OH is 2. The highest BCUT2D eigenvalue weighted by Crippen LogP contribution is 2.73. The molecule has 3 N–H and O–H groups in total. The number of carbonyl (C=O) groups is 1. The molecular weight excluding hydrogens is 424 g/mol. The molecule has 9 atom stereocenters. The Bertz CT molecular complexity index is 886. The van der Waals surface area contributed by atoms with E-state index in [1.54, 1.807) is 12.5 Å². The molecule has 192 valence electrons. The van der Waals surface area contributed by atoms with Crippen molar-refractivity contribution < 1.29 is 20.1 Å². The Kier molecular flexibility index (Phi) is 6.47. The minimum Gasteiger partial charge on any atom is -0.478 e. The molecule has 3 fully saturated rings. The van der Waals surface area contributed by atoms with E-state index in [1.807, 2.05) is 0 Å². The first-order valence-corrected chi connectivity index (χ1v) is 13.7. The summed E-state index contributed by atoms with van der Waals surface area (Å²) < 4.78 is 0. The molecule has 0 aromatic heterocycles. The molecule has 0 aliphatic heterocycles. The lowest BCUT2D eigenvalue weighted by molar-refractivity contribution is -0.132. The highest BCUT2D eigenvalue weighted by molar-refractivity contribution is 5.85.